The van der Waals surface area contributed by atoms with Gasteiger partial charge in [-0.2, -0.15) is 0 Å². The van der Waals surface area contributed by atoms with E-state index in [4.69, 9.17) is 16.6 Å². The molecule has 4 nitrogen and oxygen atoms in total. The van der Waals surface area contributed by atoms with Gasteiger partial charge in [-0.25, -0.2) is 9.98 Å². The summed E-state index contributed by atoms with van der Waals surface area (Å²) in [7, 11) is 0. The fourth-order valence-electron chi connectivity index (χ4n) is 3.49. The summed E-state index contributed by atoms with van der Waals surface area (Å²) in [6, 6.07) is 13.7. The van der Waals surface area contributed by atoms with Crippen LogP contribution in [0.1, 0.15) is 37.7 Å². The van der Waals surface area contributed by atoms with Gasteiger partial charge in [0.15, 0.2) is 10.3 Å². The minimum atomic E-state index is 0.0366. The first-order valence-electron chi connectivity index (χ1n) is 9.20. The van der Waals surface area contributed by atoms with Crippen molar-refractivity contribution in [2.75, 3.05) is 0 Å². The monoisotopic (exact) mass is 397 g/mol. The number of carbonyl (C=O) groups excluding carboxylic acids is 1. The summed E-state index contributed by atoms with van der Waals surface area (Å²) in [4.78, 5) is 24.6. The van der Waals surface area contributed by atoms with Crippen molar-refractivity contribution in [3.63, 3.8) is 0 Å². The molecule has 0 bridgehead atoms. The van der Waals surface area contributed by atoms with E-state index in [0.717, 1.165) is 31.2 Å². The summed E-state index contributed by atoms with van der Waals surface area (Å²) in [6.07, 6.45) is 9.15. The molecule has 1 aliphatic carbocycles. The third kappa shape index (κ3) is 4.09. The number of hydrogen-bond acceptors (Lipinski definition) is 4. The molecule has 4 rings (SSSR count). The number of pyridine rings is 1. The molecule has 1 saturated heterocycles. The van der Waals surface area contributed by atoms with E-state index in [-0.39, 0.29) is 11.9 Å². The minimum Gasteiger partial charge on any atom is -0.283 e. The fraction of sp³-hybridized carbons (Fsp3) is 0.286. The number of amidine groups is 1. The van der Waals surface area contributed by atoms with Gasteiger partial charge in [-0.1, -0.05) is 61.2 Å². The summed E-state index contributed by atoms with van der Waals surface area (Å²) >= 11 is 7.61. The number of hydrogen-bond donors (Lipinski definition) is 0. The molecule has 27 heavy (non-hydrogen) atoms. The maximum absolute atomic E-state index is 13.2. The van der Waals surface area contributed by atoms with Crippen LogP contribution in [0.5, 0.6) is 0 Å². The lowest BCUT2D eigenvalue weighted by atomic mass is 9.94. The number of rotatable bonds is 3. The summed E-state index contributed by atoms with van der Waals surface area (Å²) in [5, 5.41) is 1.05. The van der Waals surface area contributed by atoms with E-state index < -0.39 is 0 Å². The fourth-order valence-corrected chi connectivity index (χ4v) is 4.70. The number of nitrogens with zero attached hydrogens (tertiary/aromatic N) is 3. The number of thioether (sulfide) groups is 1. The molecule has 0 unspecified atom stereocenters. The Labute approximate surface area is 168 Å². The molecule has 6 heteroatoms. The van der Waals surface area contributed by atoms with E-state index in [1.165, 1.54) is 18.2 Å². The summed E-state index contributed by atoms with van der Waals surface area (Å²) in [5.41, 5.74) is 1.61. The largest absolute Gasteiger partial charge is 0.283 e. The molecule has 0 spiro atoms. The third-order valence-electron chi connectivity index (χ3n) is 4.83. The van der Waals surface area contributed by atoms with Crippen molar-refractivity contribution in [2.24, 2.45) is 4.99 Å². The van der Waals surface area contributed by atoms with E-state index >= 15 is 0 Å². The van der Waals surface area contributed by atoms with Crippen LogP contribution in [0.2, 0.25) is 5.15 Å². The van der Waals surface area contributed by atoms with E-state index in [0.29, 0.717) is 20.9 Å². The number of carbonyl (C=O) groups is 1. The van der Waals surface area contributed by atoms with Crippen molar-refractivity contribution in [1.82, 2.24) is 9.88 Å². The van der Waals surface area contributed by atoms with Gasteiger partial charge in [0.05, 0.1) is 4.91 Å². The number of aliphatic imine (C=N–C) groups is 1. The van der Waals surface area contributed by atoms with E-state index in [1.54, 1.807) is 12.3 Å². The Balaban J connectivity index is 1.72. The molecule has 0 atom stereocenters. The van der Waals surface area contributed by atoms with Gasteiger partial charge in [-0.15, -0.1) is 0 Å². The van der Waals surface area contributed by atoms with Gasteiger partial charge in [-0.3, -0.25) is 9.69 Å². The Morgan fingerprint density at radius 2 is 1.89 bits per heavy atom. The number of aromatic nitrogens is 1. The van der Waals surface area contributed by atoms with E-state index in [9.17, 15) is 4.79 Å². The molecular weight excluding hydrogens is 378 g/mol. The maximum atomic E-state index is 13.2. The lowest BCUT2D eigenvalue weighted by Crippen LogP contribution is -2.40. The number of amides is 1. The molecule has 0 radical (unpaired) electrons. The average molecular weight is 398 g/mol. The van der Waals surface area contributed by atoms with Gasteiger partial charge < -0.3 is 0 Å². The van der Waals surface area contributed by atoms with Crippen molar-refractivity contribution in [3.05, 3.63) is 64.3 Å². The summed E-state index contributed by atoms with van der Waals surface area (Å²) in [6.45, 7) is 0. The first kappa shape index (κ1) is 18.3. The van der Waals surface area contributed by atoms with Crippen molar-refractivity contribution in [3.8, 4) is 0 Å². The zero-order chi connectivity index (χ0) is 18.6. The first-order valence-corrected chi connectivity index (χ1v) is 10.4. The number of benzene rings is 1. The SMILES string of the molecule is O=C1/C(=C/c2ccccc2)SC(=Nc2cccnc2Cl)N1C1CCCCC1. The topological polar surface area (TPSA) is 45.6 Å². The van der Waals surface area contributed by atoms with Crippen LogP contribution in [0, 0.1) is 0 Å². The van der Waals surface area contributed by atoms with Crippen LogP contribution < -0.4 is 0 Å². The highest BCUT2D eigenvalue weighted by atomic mass is 35.5. The summed E-state index contributed by atoms with van der Waals surface area (Å²) in [5.74, 6) is 0.0366. The Morgan fingerprint density at radius 1 is 1.11 bits per heavy atom. The number of halogens is 1. The molecule has 1 aromatic carbocycles. The van der Waals surface area contributed by atoms with Gasteiger partial charge in [0.1, 0.15) is 5.69 Å². The lowest BCUT2D eigenvalue weighted by Gasteiger charge is -2.30. The summed E-state index contributed by atoms with van der Waals surface area (Å²) < 4.78 is 0. The Morgan fingerprint density at radius 3 is 2.63 bits per heavy atom. The Hall–Kier alpha value is -2.11. The molecule has 2 aromatic rings. The molecule has 2 aliphatic rings. The Kier molecular flexibility index (Phi) is 5.60. The van der Waals surface area contributed by atoms with Crippen LogP contribution in [0.25, 0.3) is 6.08 Å². The van der Waals surface area contributed by atoms with Crippen LogP contribution >= 0.6 is 23.4 Å². The molecular formula is C21H20ClN3OS. The van der Waals surface area contributed by atoms with Crippen molar-refractivity contribution >= 4 is 46.2 Å². The molecule has 2 heterocycles. The molecule has 1 aliphatic heterocycles. The molecule has 0 N–H and O–H groups in total. The van der Waals surface area contributed by atoms with Crippen LogP contribution in [0.3, 0.4) is 0 Å². The zero-order valence-electron chi connectivity index (χ0n) is 14.8. The van der Waals surface area contributed by atoms with Crippen LogP contribution in [0.4, 0.5) is 5.69 Å². The van der Waals surface area contributed by atoms with Crippen molar-refractivity contribution in [2.45, 2.75) is 38.1 Å². The predicted octanol–water partition coefficient (Wildman–Crippen LogP) is 5.67. The van der Waals surface area contributed by atoms with Crippen molar-refractivity contribution < 1.29 is 4.79 Å². The highest BCUT2D eigenvalue weighted by molar-refractivity contribution is 8.18. The van der Waals surface area contributed by atoms with Gasteiger partial charge in [-0.05, 0) is 48.4 Å². The molecule has 1 saturated carbocycles. The van der Waals surface area contributed by atoms with Crippen LogP contribution in [0.15, 0.2) is 58.6 Å². The Bertz CT molecular complexity index is 891. The second-order valence-electron chi connectivity index (χ2n) is 6.70. The molecule has 2 fully saturated rings. The van der Waals surface area contributed by atoms with Gasteiger partial charge in [0.25, 0.3) is 5.91 Å². The highest BCUT2D eigenvalue weighted by Crippen LogP contribution is 2.39. The van der Waals surface area contributed by atoms with Crippen molar-refractivity contribution in [1.29, 1.82) is 0 Å². The maximum Gasteiger partial charge on any atom is 0.267 e. The quantitative estimate of drug-likeness (QED) is 0.495. The van der Waals surface area contributed by atoms with Gasteiger partial charge in [0.2, 0.25) is 0 Å². The normalized spacial score (nSPS) is 21.4. The molecule has 1 aromatic heterocycles. The second kappa shape index (κ2) is 8.28. The predicted molar refractivity (Wildman–Crippen MR) is 112 cm³/mol. The third-order valence-corrected chi connectivity index (χ3v) is 6.10. The van der Waals surface area contributed by atoms with Gasteiger partial charge in [0, 0.05) is 12.2 Å². The van der Waals surface area contributed by atoms with Crippen LogP contribution in [-0.2, 0) is 4.79 Å². The molecule has 138 valence electrons. The van der Waals surface area contributed by atoms with Gasteiger partial charge >= 0.3 is 0 Å². The average Bonchev–Trinajstić information content (AvgIpc) is 3.00. The smallest absolute Gasteiger partial charge is 0.267 e. The lowest BCUT2D eigenvalue weighted by molar-refractivity contribution is -0.124. The van der Waals surface area contributed by atoms with E-state index in [1.807, 2.05) is 47.4 Å². The highest BCUT2D eigenvalue weighted by Gasteiger charge is 2.38. The van der Waals surface area contributed by atoms with E-state index in [2.05, 4.69) is 4.98 Å². The van der Waals surface area contributed by atoms with Crippen LogP contribution in [-0.4, -0.2) is 27.0 Å². The minimum absolute atomic E-state index is 0.0366. The standard InChI is InChI=1S/C21H20ClN3OS/c22-19-17(12-7-13-23-19)24-21-25(16-10-5-2-6-11-16)20(26)18(27-21)14-15-8-3-1-4-9-15/h1,3-4,7-9,12-14,16H,2,5-6,10-11H2/b18-14-,24-21?. The second-order valence-corrected chi connectivity index (χ2v) is 8.06. The zero-order valence-corrected chi connectivity index (χ0v) is 16.4. The molecule has 1 amide bonds. The first-order chi connectivity index (χ1) is 13.2.